The summed E-state index contributed by atoms with van der Waals surface area (Å²) in [5, 5.41) is 11.4. The highest BCUT2D eigenvalue weighted by molar-refractivity contribution is 6.27. The number of Topliss-reactive ketones (excluding diaryl/α,β-unsaturated/α-hetero) is 3. The maximum atomic E-state index is 12.8. The average Bonchev–Trinajstić information content (AvgIpc) is 3.19. The van der Waals surface area contributed by atoms with Gasteiger partial charge in [-0.25, -0.2) is 0 Å². The van der Waals surface area contributed by atoms with Crippen LogP contribution in [-0.2, 0) is 9.59 Å². The van der Waals surface area contributed by atoms with E-state index in [2.05, 4.69) is 0 Å². The van der Waals surface area contributed by atoms with Crippen molar-refractivity contribution in [3.63, 3.8) is 0 Å². The molecular weight excluding hydrogens is 318 g/mol. The Morgan fingerprint density at radius 2 is 1.79 bits per heavy atom. The molecular formula is C16H13NO7. The van der Waals surface area contributed by atoms with Crippen LogP contribution in [0, 0.1) is 27.9 Å². The zero-order chi connectivity index (χ0) is 17.0. The largest absolute Gasteiger partial charge is 0.453 e. The minimum Gasteiger partial charge on any atom is -0.453 e. The van der Waals surface area contributed by atoms with Gasteiger partial charge in [-0.2, -0.15) is 0 Å². The zero-order valence-corrected chi connectivity index (χ0v) is 12.5. The van der Waals surface area contributed by atoms with Gasteiger partial charge in [0.2, 0.25) is 12.5 Å². The first kappa shape index (κ1) is 14.8. The first-order chi connectivity index (χ1) is 11.5. The van der Waals surface area contributed by atoms with Gasteiger partial charge in [0, 0.05) is 11.8 Å². The SMILES string of the molecule is O=C(c1ccc2c(c1[N+](=O)[O-])OCO2)C1C(=O)C2CCC(C2)C1=O. The standard InChI is InChI=1S/C16H13NO7/c18-13-7-1-2-8(5-7)14(19)11(13)15(20)9-3-4-10-16(24-6-23-10)12(9)17(21)22/h3-4,7-8,11H,1-2,5-6H2. The number of nitrogens with zero attached hydrogens (tertiary/aromatic N) is 1. The lowest BCUT2D eigenvalue weighted by molar-refractivity contribution is -0.385. The van der Waals surface area contributed by atoms with Crippen molar-refractivity contribution in [1.82, 2.24) is 0 Å². The van der Waals surface area contributed by atoms with Gasteiger partial charge in [0.1, 0.15) is 11.5 Å². The Hall–Kier alpha value is -2.77. The second-order valence-corrected chi connectivity index (χ2v) is 6.26. The molecule has 1 heterocycles. The van der Waals surface area contributed by atoms with Crippen LogP contribution in [0.25, 0.3) is 0 Å². The summed E-state index contributed by atoms with van der Waals surface area (Å²) in [4.78, 5) is 48.4. The van der Waals surface area contributed by atoms with E-state index in [1.54, 1.807) is 0 Å². The molecule has 2 fully saturated rings. The van der Waals surface area contributed by atoms with Crippen LogP contribution in [0.5, 0.6) is 11.5 Å². The Kier molecular flexibility index (Phi) is 3.16. The number of hydrogen-bond acceptors (Lipinski definition) is 7. The van der Waals surface area contributed by atoms with Crippen molar-refractivity contribution >= 4 is 23.0 Å². The van der Waals surface area contributed by atoms with E-state index in [0.717, 1.165) is 0 Å². The molecule has 3 aliphatic rings. The summed E-state index contributed by atoms with van der Waals surface area (Å²) in [6.07, 6.45) is 1.69. The van der Waals surface area contributed by atoms with Crippen LogP contribution < -0.4 is 9.47 Å². The molecule has 0 saturated heterocycles. The Bertz CT molecular complexity index is 778. The Morgan fingerprint density at radius 1 is 1.12 bits per heavy atom. The van der Waals surface area contributed by atoms with E-state index in [4.69, 9.17) is 9.47 Å². The molecule has 0 aromatic heterocycles. The topological polar surface area (TPSA) is 113 Å². The second kappa shape index (κ2) is 5.12. The normalized spacial score (nSPS) is 27.4. The number of rotatable bonds is 3. The van der Waals surface area contributed by atoms with Crippen molar-refractivity contribution in [3.8, 4) is 11.5 Å². The predicted molar refractivity (Wildman–Crippen MR) is 77.9 cm³/mol. The lowest BCUT2D eigenvalue weighted by atomic mass is 9.75. The van der Waals surface area contributed by atoms with Crippen molar-refractivity contribution in [1.29, 1.82) is 0 Å². The molecule has 2 saturated carbocycles. The van der Waals surface area contributed by atoms with Gasteiger partial charge in [-0.3, -0.25) is 24.5 Å². The fourth-order valence-corrected chi connectivity index (χ4v) is 3.86. The molecule has 2 atom stereocenters. The lowest BCUT2D eigenvalue weighted by Gasteiger charge is -2.24. The van der Waals surface area contributed by atoms with Crippen molar-refractivity contribution in [2.24, 2.45) is 17.8 Å². The van der Waals surface area contributed by atoms with E-state index >= 15 is 0 Å². The van der Waals surface area contributed by atoms with Crippen LogP contribution in [0.2, 0.25) is 0 Å². The molecule has 2 aliphatic carbocycles. The van der Waals surface area contributed by atoms with Gasteiger partial charge >= 0.3 is 5.69 Å². The highest BCUT2D eigenvalue weighted by Crippen LogP contribution is 2.46. The van der Waals surface area contributed by atoms with E-state index in [1.807, 2.05) is 0 Å². The highest BCUT2D eigenvalue weighted by atomic mass is 16.7. The smallest absolute Gasteiger partial charge is 0.325 e. The fourth-order valence-electron chi connectivity index (χ4n) is 3.86. The number of carbonyl (C=O) groups excluding carboxylic acids is 3. The van der Waals surface area contributed by atoms with E-state index in [1.165, 1.54) is 12.1 Å². The molecule has 1 aliphatic heterocycles. The van der Waals surface area contributed by atoms with E-state index in [9.17, 15) is 24.5 Å². The van der Waals surface area contributed by atoms with Crippen molar-refractivity contribution in [3.05, 3.63) is 27.8 Å². The van der Waals surface area contributed by atoms with Crippen molar-refractivity contribution < 1.29 is 28.8 Å². The molecule has 1 aromatic rings. The molecule has 1 aromatic carbocycles. The summed E-state index contributed by atoms with van der Waals surface area (Å²) in [6, 6.07) is 2.61. The minimum absolute atomic E-state index is 0.135. The van der Waals surface area contributed by atoms with E-state index < -0.39 is 33.9 Å². The van der Waals surface area contributed by atoms with E-state index in [0.29, 0.717) is 19.3 Å². The maximum Gasteiger partial charge on any atom is 0.325 e. The van der Waals surface area contributed by atoms with Gasteiger partial charge in [-0.05, 0) is 31.4 Å². The molecule has 124 valence electrons. The Balaban J connectivity index is 1.79. The summed E-state index contributed by atoms with van der Waals surface area (Å²) in [5.74, 6) is -3.63. The fraction of sp³-hybridized carbons (Fsp3) is 0.438. The van der Waals surface area contributed by atoms with Gasteiger partial charge in [0.15, 0.2) is 23.1 Å². The number of ether oxygens (including phenoxy) is 2. The molecule has 2 bridgehead atoms. The maximum absolute atomic E-state index is 12.8. The van der Waals surface area contributed by atoms with Crippen molar-refractivity contribution in [2.75, 3.05) is 6.79 Å². The van der Waals surface area contributed by atoms with Crippen LogP contribution in [0.4, 0.5) is 5.69 Å². The minimum atomic E-state index is -1.43. The monoisotopic (exact) mass is 331 g/mol. The summed E-state index contributed by atoms with van der Waals surface area (Å²) in [6.45, 7) is -0.181. The number of nitro benzene ring substituents is 1. The molecule has 2 unspecified atom stereocenters. The first-order valence-electron chi connectivity index (χ1n) is 7.67. The molecule has 24 heavy (non-hydrogen) atoms. The lowest BCUT2D eigenvalue weighted by Crippen LogP contribution is -2.41. The molecule has 0 spiro atoms. The molecule has 0 radical (unpaired) electrons. The number of ketones is 3. The van der Waals surface area contributed by atoms with Crippen LogP contribution >= 0.6 is 0 Å². The number of benzene rings is 1. The quantitative estimate of drug-likeness (QED) is 0.358. The third-order valence-corrected chi connectivity index (χ3v) is 5.03. The van der Waals surface area contributed by atoms with Gasteiger partial charge < -0.3 is 9.47 Å². The highest BCUT2D eigenvalue weighted by Gasteiger charge is 2.51. The van der Waals surface area contributed by atoms with Gasteiger partial charge in [0.05, 0.1) is 4.92 Å². The molecule has 8 nitrogen and oxygen atoms in total. The molecule has 4 rings (SSSR count). The number of carbonyl (C=O) groups is 3. The van der Waals surface area contributed by atoms with E-state index in [-0.39, 0.29) is 35.7 Å². The first-order valence-corrected chi connectivity index (χ1v) is 7.67. The second-order valence-electron chi connectivity index (χ2n) is 6.26. The summed E-state index contributed by atoms with van der Waals surface area (Å²) >= 11 is 0. The van der Waals surface area contributed by atoms with Crippen LogP contribution in [0.15, 0.2) is 12.1 Å². The van der Waals surface area contributed by atoms with Crippen LogP contribution in [0.3, 0.4) is 0 Å². The number of fused-ring (bicyclic) bond motifs is 3. The van der Waals surface area contributed by atoms with Gasteiger partial charge in [0.25, 0.3) is 0 Å². The summed E-state index contributed by atoms with van der Waals surface area (Å²) in [5.41, 5.74) is -0.828. The third-order valence-electron chi connectivity index (χ3n) is 5.03. The van der Waals surface area contributed by atoms with Crippen molar-refractivity contribution in [2.45, 2.75) is 19.3 Å². The average molecular weight is 331 g/mol. The zero-order valence-electron chi connectivity index (χ0n) is 12.5. The predicted octanol–water partition coefficient (Wildman–Crippen LogP) is 1.69. The third kappa shape index (κ3) is 1.95. The number of hydrogen-bond donors (Lipinski definition) is 0. The van der Waals surface area contributed by atoms with Crippen LogP contribution in [-0.4, -0.2) is 29.1 Å². The molecule has 0 N–H and O–H groups in total. The van der Waals surface area contributed by atoms with Gasteiger partial charge in [-0.1, -0.05) is 0 Å². The Morgan fingerprint density at radius 3 is 2.42 bits per heavy atom. The van der Waals surface area contributed by atoms with Crippen LogP contribution in [0.1, 0.15) is 29.6 Å². The Labute approximate surface area is 135 Å². The molecule has 0 amide bonds. The number of nitro groups is 1. The van der Waals surface area contributed by atoms with Gasteiger partial charge in [-0.15, -0.1) is 0 Å². The molecule has 8 heteroatoms. The summed E-state index contributed by atoms with van der Waals surface area (Å²) < 4.78 is 10.2. The summed E-state index contributed by atoms with van der Waals surface area (Å²) in [7, 11) is 0.